The van der Waals surface area contributed by atoms with Crippen molar-refractivity contribution in [1.29, 1.82) is 0 Å². The van der Waals surface area contributed by atoms with Gasteiger partial charge < -0.3 is 30.5 Å². The maximum atomic E-state index is 14.9. The first-order valence-electron chi connectivity index (χ1n) is 13.2. The van der Waals surface area contributed by atoms with Crippen LogP contribution < -0.4 is 16.0 Å². The molecule has 3 N–H and O–H groups in total. The normalized spacial score (nSPS) is 16.0. The van der Waals surface area contributed by atoms with Crippen LogP contribution in [0, 0.1) is 5.82 Å². The summed E-state index contributed by atoms with van der Waals surface area (Å²) in [4.78, 5) is 65.7. The van der Waals surface area contributed by atoms with E-state index in [1.807, 2.05) is 6.07 Å². The molecule has 2 aliphatic heterocycles. The number of amides is 4. The number of carbonyl (C=O) groups is 5. The number of nitrogens with zero attached hydrogens (tertiary/aromatic N) is 2. The van der Waals surface area contributed by atoms with Crippen molar-refractivity contribution in [3.05, 3.63) is 59.4 Å². The fourth-order valence-electron chi connectivity index (χ4n) is 4.77. The number of halogens is 1. The summed E-state index contributed by atoms with van der Waals surface area (Å²) in [6, 6.07) is 10.8. The largest absolute Gasteiger partial charge is 0.466 e. The van der Waals surface area contributed by atoms with Crippen molar-refractivity contribution in [1.82, 2.24) is 15.1 Å². The molecule has 1 unspecified atom stereocenters. The van der Waals surface area contributed by atoms with Crippen LogP contribution in [0.25, 0.3) is 0 Å². The first-order valence-corrected chi connectivity index (χ1v) is 13.2. The van der Waals surface area contributed by atoms with Crippen LogP contribution in [0.2, 0.25) is 0 Å². The lowest BCUT2D eigenvalue weighted by atomic mass is 9.94. The Morgan fingerprint density at radius 3 is 2.40 bits per heavy atom. The van der Waals surface area contributed by atoms with Crippen LogP contribution in [0.4, 0.5) is 20.6 Å². The second-order valence-electron chi connectivity index (χ2n) is 9.42. The summed E-state index contributed by atoms with van der Waals surface area (Å²) in [5.74, 6) is -3.70. The van der Waals surface area contributed by atoms with Gasteiger partial charge in [-0.25, -0.2) is 9.18 Å². The van der Waals surface area contributed by atoms with Crippen molar-refractivity contribution in [3.63, 3.8) is 0 Å². The van der Waals surface area contributed by atoms with Crippen molar-refractivity contribution in [2.75, 3.05) is 56.5 Å². The molecule has 4 amide bonds. The van der Waals surface area contributed by atoms with E-state index in [9.17, 15) is 28.4 Å². The van der Waals surface area contributed by atoms with Crippen LogP contribution in [0.15, 0.2) is 42.5 Å². The summed E-state index contributed by atoms with van der Waals surface area (Å²) >= 11 is 0. The number of Topliss-reactive ketones (excluding diaryl/α,β-unsaturated/α-hetero) is 1. The van der Waals surface area contributed by atoms with Gasteiger partial charge in [0.15, 0.2) is 0 Å². The predicted octanol–water partition coefficient (Wildman–Crippen LogP) is 2.35. The van der Waals surface area contributed by atoms with E-state index in [-0.39, 0.29) is 81.1 Å². The van der Waals surface area contributed by atoms with E-state index in [4.69, 9.17) is 4.74 Å². The van der Waals surface area contributed by atoms with Crippen LogP contribution in [0.5, 0.6) is 0 Å². The Morgan fingerprint density at radius 1 is 1.00 bits per heavy atom. The Bertz CT molecular complexity index is 1280. The maximum Gasteiger partial charge on any atom is 0.319 e. The van der Waals surface area contributed by atoms with E-state index >= 15 is 0 Å². The van der Waals surface area contributed by atoms with Gasteiger partial charge in [0.05, 0.1) is 23.9 Å². The van der Waals surface area contributed by atoms with Gasteiger partial charge >= 0.3 is 12.0 Å². The number of ketones is 1. The summed E-state index contributed by atoms with van der Waals surface area (Å²) < 4.78 is 19.7. The highest BCUT2D eigenvalue weighted by molar-refractivity contribution is 6.38. The maximum absolute atomic E-state index is 14.9. The van der Waals surface area contributed by atoms with Crippen molar-refractivity contribution < 1.29 is 33.1 Å². The van der Waals surface area contributed by atoms with Gasteiger partial charge in [-0.1, -0.05) is 18.2 Å². The highest BCUT2D eigenvalue weighted by atomic mass is 19.1. The van der Waals surface area contributed by atoms with Gasteiger partial charge in [0.25, 0.3) is 11.8 Å². The van der Waals surface area contributed by atoms with Crippen molar-refractivity contribution >= 4 is 41.0 Å². The molecule has 2 aliphatic rings. The number of nitrogens with one attached hydrogen (secondary N) is 3. The average Bonchev–Trinajstić information content (AvgIpc) is 3.43. The molecule has 12 heteroatoms. The zero-order valence-corrected chi connectivity index (χ0v) is 22.2. The van der Waals surface area contributed by atoms with Crippen LogP contribution in [-0.2, 0) is 19.1 Å². The minimum atomic E-state index is -1.05. The lowest BCUT2D eigenvalue weighted by Gasteiger charge is -2.34. The molecular weight excluding hydrogens is 521 g/mol. The van der Waals surface area contributed by atoms with Crippen molar-refractivity contribution in [3.8, 4) is 0 Å². The molecule has 212 valence electrons. The topological polar surface area (TPSA) is 137 Å². The van der Waals surface area contributed by atoms with Crippen molar-refractivity contribution in [2.45, 2.75) is 25.7 Å². The van der Waals surface area contributed by atoms with Gasteiger partial charge in [0, 0.05) is 56.8 Å². The molecule has 0 saturated carbocycles. The lowest BCUT2D eigenvalue weighted by molar-refractivity contribution is -0.146. The Hall–Kier alpha value is -4.48. The van der Waals surface area contributed by atoms with Gasteiger partial charge in [0.2, 0.25) is 5.78 Å². The number of anilines is 2. The average molecular weight is 554 g/mol. The standard InChI is InChI=1S/C28H32FN5O6/c1-2-40-22(35)9-6-12-30-28(39)32-21-11-10-20(29)23-19(17-31-24(21)23)25(36)27(38)34-15-13-33(14-16-34)26(37)18-7-4-3-5-8-18/h3-5,7-8,10-11,19,31H,2,6,9,12-17H2,1H3,(H2,30,32,39). The molecular formula is C28H32FN5O6. The number of hydrogen-bond acceptors (Lipinski definition) is 7. The van der Waals surface area contributed by atoms with Gasteiger partial charge in [-0.05, 0) is 37.6 Å². The Kier molecular flexibility index (Phi) is 9.31. The molecule has 4 rings (SSSR count). The summed E-state index contributed by atoms with van der Waals surface area (Å²) in [7, 11) is 0. The predicted molar refractivity (Wildman–Crippen MR) is 144 cm³/mol. The second-order valence-corrected chi connectivity index (χ2v) is 9.42. The number of carbonyl (C=O) groups excluding carboxylic acids is 5. The highest BCUT2D eigenvalue weighted by Crippen LogP contribution is 2.40. The smallest absolute Gasteiger partial charge is 0.319 e. The Balaban J connectivity index is 1.34. The number of urea groups is 1. The Labute approximate surface area is 231 Å². The van der Waals surface area contributed by atoms with Gasteiger partial charge in [-0.2, -0.15) is 0 Å². The van der Waals surface area contributed by atoms with Crippen LogP contribution in [-0.4, -0.2) is 85.3 Å². The molecule has 1 atom stereocenters. The number of rotatable bonds is 9. The van der Waals surface area contributed by atoms with E-state index < -0.39 is 29.5 Å². The molecule has 0 bridgehead atoms. The minimum Gasteiger partial charge on any atom is -0.466 e. The molecule has 0 aromatic heterocycles. The zero-order chi connectivity index (χ0) is 28.6. The molecule has 11 nitrogen and oxygen atoms in total. The lowest BCUT2D eigenvalue weighted by Crippen LogP contribution is -2.52. The third-order valence-electron chi connectivity index (χ3n) is 6.82. The van der Waals surface area contributed by atoms with Gasteiger partial charge in [0.1, 0.15) is 5.82 Å². The minimum absolute atomic E-state index is 0.00311. The highest BCUT2D eigenvalue weighted by Gasteiger charge is 2.39. The summed E-state index contributed by atoms with van der Waals surface area (Å²) in [6.45, 7) is 3.17. The van der Waals surface area contributed by atoms with Gasteiger partial charge in [-0.15, -0.1) is 0 Å². The summed E-state index contributed by atoms with van der Waals surface area (Å²) in [5.41, 5.74) is 1.08. The molecule has 40 heavy (non-hydrogen) atoms. The number of hydrogen-bond donors (Lipinski definition) is 3. The van der Waals surface area contributed by atoms with Gasteiger partial charge in [-0.3, -0.25) is 19.2 Å². The summed E-state index contributed by atoms with van der Waals surface area (Å²) in [6.07, 6.45) is 0.553. The fourth-order valence-corrected chi connectivity index (χ4v) is 4.77. The molecule has 0 spiro atoms. The molecule has 1 fully saturated rings. The van der Waals surface area contributed by atoms with E-state index in [2.05, 4.69) is 16.0 Å². The monoisotopic (exact) mass is 553 g/mol. The molecule has 2 heterocycles. The molecule has 2 aromatic carbocycles. The SMILES string of the molecule is CCOC(=O)CCCNC(=O)Nc1ccc(F)c2c1NCC2C(=O)C(=O)N1CCN(C(=O)c2ccccc2)CC1. The molecule has 1 saturated heterocycles. The third kappa shape index (κ3) is 6.56. The first-order chi connectivity index (χ1) is 19.3. The van der Waals surface area contributed by atoms with E-state index in [1.54, 1.807) is 36.1 Å². The first kappa shape index (κ1) is 28.5. The quantitative estimate of drug-likeness (QED) is 0.246. The summed E-state index contributed by atoms with van der Waals surface area (Å²) in [5, 5.41) is 8.19. The zero-order valence-electron chi connectivity index (χ0n) is 22.2. The number of esters is 1. The van der Waals surface area contributed by atoms with Crippen LogP contribution >= 0.6 is 0 Å². The Morgan fingerprint density at radius 2 is 1.70 bits per heavy atom. The van der Waals surface area contributed by atoms with Crippen molar-refractivity contribution in [2.24, 2.45) is 0 Å². The number of ether oxygens (including phenoxy) is 1. The third-order valence-corrected chi connectivity index (χ3v) is 6.82. The second kappa shape index (κ2) is 13.0. The molecule has 0 aliphatic carbocycles. The van der Waals surface area contributed by atoms with Crippen LogP contribution in [0.1, 0.15) is 41.6 Å². The van der Waals surface area contributed by atoms with E-state index in [0.29, 0.717) is 12.0 Å². The molecule has 0 radical (unpaired) electrons. The molecule has 2 aromatic rings. The number of fused-ring (bicyclic) bond motifs is 1. The fraction of sp³-hybridized carbons (Fsp3) is 0.393. The number of benzene rings is 2. The van der Waals surface area contributed by atoms with E-state index in [0.717, 1.165) is 6.07 Å². The van der Waals surface area contributed by atoms with E-state index in [1.165, 1.54) is 11.0 Å². The van der Waals surface area contributed by atoms with Crippen LogP contribution in [0.3, 0.4) is 0 Å². The number of piperazine rings is 1.